The summed E-state index contributed by atoms with van der Waals surface area (Å²) < 4.78 is 0. The summed E-state index contributed by atoms with van der Waals surface area (Å²) in [6.45, 7) is 2.99. The molecule has 3 heteroatoms. The molecule has 1 heterocycles. The number of thiophene rings is 1. The Bertz CT molecular complexity index is 257. The topological polar surface area (TPSA) is 23.5 Å². The number of rotatable bonds is 4. The lowest BCUT2D eigenvalue weighted by Crippen LogP contribution is -2.15. The maximum absolute atomic E-state index is 9.77. The normalized spacial score (nSPS) is 13.6. The molecule has 13 heavy (non-hydrogen) atoms. The summed E-state index contributed by atoms with van der Waals surface area (Å²) in [7, 11) is 4.04. The first-order valence-corrected chi connectivity index (χ1v) is 5.30. The SMILES string of the molecule is Cc1ccc(C(O)CCN(C)C)s1. The molecule has 0 saturated carbocycles. The highest BCUT2D eigenvalue weighted by molar-refractivity contribution is 7.11. The lowest BCUT2D eigenvalue weighted by molar-refractivity contribution is 0.158. The van der Waals surface area contributed by atoms with E-state index in [0.29, 0.717) is 0 Å². The highest BCUT2D eigenvalue weighted by atomic mass is 32.1. The van der Waals surface area contributed by atoms with Crippen LogP contribution < -0.4 is 0 Å². The van der Waals surface area contributed by atoms with Crippen molar-refractivity contribution in [1.29, 1.82) is 0 Å². The lowest BCUT2D eigenvalue weighted by atomic mass is 10.2. The highest BCUT2D eigenvalue weighted by Crippen LogP contribution is 2.24. The molecule has 74 valence electrons. The zero-order valence-corrected chi connectivity index (χ0v) is 9.27. The summed E-state index contributed by atoms with van der Waals surface area (Å²) in [6, 6.07) is 4.07. The fourth-order valence-corrected chi connectivity index (χ4v) is 2.05. The molecule has 0 aliphatic rings. The molecular formula is C10H17NOS. The molecule has 0 aromatic carbocycles. The van der Waals surface area contributed by atoms with Gasteiger partial charge in [0.05, 0.1) is 6.10 Å². The molecule has 1 rings (SSSR count). The lowest BCUT2D eigenvalue weighted by Gasteiger charge is -2.12. The first kappa shape index (κ1) is 10.7. The Morgan fingerprint density at radius 1 is 1.46 bits per heavy atom. The van der Waals surface area contributed by atoms with Gasteiger partial charge in [-0.25, -0.2) is 0 Å². The molecule has 0 aliphatic heterocycles. The van der Waals surface area contributed by atoms with E-state index in [-0.39, 0.29) is 6.10 Å². The van der Waals surface area contributed by atoms with Gasteiger partial charge in [0.2, 0.25) is 0 Å². The second kappa shape index (κ2) is 4.74. The van der Waals surface area contributed by atoms with Gasteiger partial charge in [0.15, 0.2) is 0 Å². The Hall–Kier alpha value is -0.380. The molecule has 0 aliphatic carbocycles. The molecular weight excluding hydrogens is 182 g/mol. The summed E-state index contributed by atoms with van der Waals surface area (Å²) in [5, 5.41) is 9.77. The number of aliphatic hydroxyl groups excluding tert-OH is 1. The Morgan fingerprint density at radius 2 is 2.15 bits per heavy atom. The molecule has 0 spiro atoms. The zero-order valence-electron chi connectivity index (χ0n) is 8.45. The van der Waals surface area contributed by atoms with E-state index in [4.69, 9.17) is 0 Å². The second-order valence-electron chi connectivity index (χ2n) is 3.56. The average molecular weight is 199 g/mol. The molecule has 1 N–H and O–H groups in total. The van der Waals surface area contributed by atoms with Crippen molar-refractivity contribution in [3.05, 3.63) is 21.9 Å². The van der Waals surface area contributed by atoms with E-state index in [1.165, 1.54) is 4.88 Å². The van der Waals surface area contributed by atoms with Gasteiger partial charge in [0.1, 0.15) is 0 Å². The maximum Gasteiger partial charge on any atom is 0.0894 e. The van der Waals surface area contributed by atoms with Gasteiger partial charge in [0, 0.05) is 16.3 Å². The van der Waals surface area contributed by atoms with Gasteiger partial charge in [-0.15, -0.1) is 11.3 Å². The predicted molar refractivity (Wildman–Crippen MR) is 57.2 cm³/mol. The summed E-state index contributed by atoms with van der Waals surface area (Å²) in [5.74, 6) is 0. The average Bonchev–Trinajstić information content (AvgIpc) is 2.47. The van der Waals surface area contributed by atoms with Crippen LogP contribution in [0.4, 0.5) is 0 Å². The van der Waals surface area contributed by atoms with Crippen LogP contribution in [0.3, 0.4) is 0 Å². The monoisotopic (exact) mass is 199 g/mol. The molecule has 0 saturated heterocycles. The first-order chi connectivity index (χ1) is 6.09. The van der Waals surface area contributed by atoms with E-state index in [2.05, 4.69) is 17.9 Å². The van der Waals surface area contributed by atoms with Gasteiger partial charge in [-0.3, -0.25) is 0 Å². The van der Waals surface area contributed by atoms with E-state index in [0.717, 1.165) is 17.8 Å². The minimum Gasteiger partial charge on any atom is -0.388 e. The fraction of sp³-hybridized carbons (Fsp3) is 0.600. The summed E-state index contributed by atoms with van der Waals surface area (Å²) >= 11 is 1.68. The van der Waals surface area contributed by atoms with Crippen molar-refractivity contribution >= 4 is 11.3 Å². The molecule has 1 aromatic rings. The van der Waals surface area contributed by atoms with Crippen LogP contribution >= 0.6 is 11.3 Å². The Balaban J connectivity index is 2.44. The first-order valence-electron chi connectivity index (χ1n) is 4.48. The third-order valence-corrected chi connectivity index (χ3v) is 3.04. The third-order valence-electron chi connectivity index (χ3n) is 1.94. The van der Waals surface area contributed by atoms with Gasteiger partial charge >= 0.3 is 0 Å². The molecule has 0 radical (unpaired) electrons. The zero-order chi connectivity index (χ0) is 9.84. The fourth-order valence-electron chi connectivity index (χ4n) is 1.16. The summed E-state index contributed by atoms with van der Waals surface area (Å²) in [5.41, 5.74) is 0. The van der Waals surface area contributed by atoms with E-state index in [1.807, 2.05) is 20.2 Å². The van der Waals surface area contributed by atoms with Gasteiger partial charge in [-0.2, -0.15) is 0 Å². The van der Waals surface area contributed by atoms with Crippen molar-refractivity contribution in [1.82, 2.24) is 4.90 Å². The van der Waals surface area contributed by atoms with Crippen molar-refractivity contribution in [2.75, 3.05) is 20.6 Å². The minimum absolute atomic E-state index is 0.291. The van der Waals surface area contributed by atoms with E-state index in [1.54, 1.807) is 11.3 Å². The number of nitrogens with zero attached hydrogens (tertiary/aromatic N) is 1. The van der Waals surface area contributed by atoms with Crippen LogP contribution in [0.5, 0.6) is 0 Å². The van der Waals surface area contributed by atoms with Crippen LogP contribution in [0.15, 0.2) is 12.1 Å². The Morgan fingerprint density at radius 3 is 2.62 bits per heavy atom. The molecule has 2 nitrogen and oxygen atoms in total. The molecule has 0 amide bonds. The third kappa shape index (κ3) is 3.46. The largest absolute Gasteiger partial charge is 0.388 e. The minimum atomic E-state index is -0.291. The Kier molecular flexibility index (Phi) is 3.90. The second-order valence-corrected chi connectivity index (χ2v) is 4.88. The molecule has 1 aromatic heterocycles. The van der Waals surface area contributed by atoms with Crippen LogP contribution in [0.1, 0.15) is 22.3 Å². The smallest absolute Gasteiger partial charge is 0.0894 e. The van der Waals surface area contributed by atoms with Gasteiger partial charge in [-0.1, -0.05) is 0 Å². The van der Waals surface area contributed by atoms with Crippen molar-refractivity contribution in [3.8, 4) is 0 Å². The Labute approximate surface area is 83.8 Å². The van der Waals surface area contributed by atoms with Crippen molar-refractivity contribution in [2.24, 2.45) is 0 Å². The number of aryl methyl sites for hydroxylation is 1. The van der Waals surface area contributed by atoms with E-state index in [9.17, 15) is 5.11 Å². The van der Waals surface area contributed by atoms with Crippen LogP contribution in [-0.4, -0.2) is 30.6 Å². The van der Waals surface area contributed by atoms with Gasteiger partial charge < -0.3 is 10.0 Å². The maximum atomic E-state index is 9.77. The van der Waals surface area contributed by atoms with Crippen LogP contribution in [0.25, 0.3) is 0 Å². The van der Waals surface area contributed by atoms with Crippen LogP contribution in [0, 0.1) is 6.92 Å². The molecule has 1 unspecified atom stereocenters. The summed E-state index contributed by atoms with van der Waals surface area (Å²) in [4.78, 5) is 4.43. The molecule has 1 atom stereocenters. The number of hydrogen-bond donors (Lipinski definition) is 1. The quantitative estimate of drug-likeness (QED) is 0.802. The number of hydrogen-bond acceptors (Lipinski definition) is 3. The van der Waals surface area contributed by atoms with E-state index < -0.39 is 0 Å². The van der Waals surface area contributed by atoms with Crippen LogP contribution in [-0.2, 0) is 0 Å². The predicted octanol–water partition coefficient (Wildman–Crippen LogP) is 2.04. The molecule has 0 fully saturated rings. The highest BCUT2D eigenvalue weighted by Gasteiger charge is 2.09. The van der Waals surface area contributed by atoms with Gasteiger partial charge in [0.25, 0.3) is 0 Å². The van der Waals surface area contributed by atoms with Crippen LogP contribution in [0.2, 0.25) is 0 Å². The number of aliphatic hydroxyl groups is 1. The van der Waals surface area contributed by atoms with E-state index >= 15 is 0 Å². The van der Waals surface area contributed by atoms with Crippen molar-refractivity contribution < 1.29 is 5.11 Å². The van der Waals surface area contributed by atoms with Crippen molar-refractivity contribution in [2.45, 2.75) is 19.4 Å². The summed E-state index contributed by atoms with van der Waals surface area (Å²) in [6.07, 6.45) is 0.522. The van der Waals surface area contributed by atoms with Gasteiger partial charge in [-0.05, 0) is 39.6 Å². The van der Waals surface area contributed by atoms with Crippen molar-refractivity contribution in [3.63, 3.8) is 0 Å². The standard InChI is InChI=1S/C10H17NOS/c1-8-4-5-10(13-8)9(12)6-7-11(2)3/h4-5,9,12H,6-7H2,1-3H3. The molecule has 0 bridgehead atoms.